The zero-order chi connectivity index (χ0) is 11.8. The number of hydrogen-bond acceptors (Lipinski definition) is 6. The lowest BCUT2D eigenvalue weighted by Crippen LogP contribution is -3.00. The molecule has 0 aromatic carbocycles. The SMILES string of the molecule is O=S(=O)(O)O.OC[P+](CO)(CO)CO.[Cl-]. The Bertz CT molecular complexity index is 201. The largest absolute Gasteiger partial charge is 1.00 e. The fraction of sp³-hybridized carbons (Fsp3) is 1.00. The maximum atomic E-state index is 8.74. The molecule has 0 heterocycles. The van der Waals surface area contributed by atoms with Crippen molar-refractivity contribution in [3.05, 3.63) is 0 Å². The van der Waals surface area contributed by atoms with Gasteiger partial charge in [-0.1, -0.05) is 0 Å². The van der Waals surface area contributed by atoms with Crippen LogP contribution in [0.4, 0.5) is 0 Å². The maximum Gasteiger partial charge on any atom is 0.394 e. The molecule has 0 unspecified atom stereocenters. The molecule has 0 saturated heterocycles. The van der Waals surface area contributed by atoms with Gasteiger partial charge in [-0.05, 0) is 0 Å². The van der Waals surface area contributed by atoms with Crippen molar-refractivity contribution in [2.45, 2.75) is 0 Å². The van der Waals surface area contributed by atoms with Crippen LogP contribution in [0.15, 0.2) is 0 Å². The first-order chi connectivity index (χ1) is 6.24. The van der Waals surface area contributed by atoms with E-state index in [1.807, 2.05) is 0 Å². The second-order valence-corrected chi connectivity index (χ2v) is 7.07. The van der Waals surface area contributed by atoms with Crippen LogP contribution in [0.3, 0.4) is 0 Å². The number of halogens is 1. The minimum Gasteiger partial charge on any atom is -1.00 e. The average Bonchev–Trinajstić information content (AvgIpc) is 2.07. The molecule has 96 valence electrons. The molecule has 0 aromatic heterocycles. The van der Waals surface area contributed by atoms with Crippen molar-refractivity contribution in [1.82, 2.24) is 0 Å². The third-order valence-corrected chi connectivity index (χ3v) is 3.60. The summed E-state index contributed by atoms with van der Waals surface area (Å²) >= 11 is 0. The van der Waals surface area contributed by atoms with Gasteiger partial charge in [-0.2, -0.15) is 8.42 Å². The summed E-state index contributed by atoms with van der Waals surface area (Å²) in [6.07, 6.45) is -1.18. The lowest BCUT2D eigenvalue weighted by molar-refractivity contribution is -0.0000133. The molecule has 6 N–H and O–H groups in total. The molecule has 15 heavy (non-hydrogen) atoms. The summed E-state index contributed by atoms with van der Waals surface area (Å²) in [6.45, 7) is 0. The molecule has 0 rings (SSSR count). The molecule has 0 fully saturated rings. The summed E-state index contributed by atoms with van der Waals surface area (Å²) in [6, 6.07) is 0. The monoisotopic (exact) mass is 288 g/mol. The van der Waals surface area contributed by atoms with E-state index in [1.165, 1.54) is 0 Å². The standard InChI is InChI=1S/C4H12O4P.ClH.H2O4S/c5-1-9(2-6,3-7)4-8;;1-5(2,3)4/h5-8H,1-4H2;1H;(H2,1,2,3,4)/q+1;;/p-1. The summed E-state index contributed by atoms with van der Waals surface area (Å²) in [5, 5.41) is 34.2. The van der Waals surface area contributed by atoms with Crippen molar-refractivity contribution in [3.8, 4) is 0 Å². The van der Waals surface area contributed by atoms with Crippen LogP contribution in [-0.2, 0) is 10.4 Å². The Hall–Kier alpha value is 0.430. The fourth-order valence-electron chi connectivity index (χ4n) is 0.268. The van der Waals surface area contributed by atoms with Gasteiger partial charge in [0.1, 0.15) is 7.26 Å². The van der Waals surface area contributed by atoms with E-state index >= 15 is 0 Å². The Kier molecular flexibility index (Phi) is 13.4. The maximum absolute atomic E-state index is 8.74. The summed E-state index contributed by atoms with van der Waals surface area (Å²) in [5.41, 5.74) is 0. The van der Waals surface area contributed by atoms with Crippen molar-refractivity contribution in [1.29, 1.82) is 0 Å². The van der Waals surface area contributed by atoms with E-state index in [9.17, 15) is 0 Å². The molecule has 0 amide bonds. The first kappa shape index (κ1) is 20.8. The highest BCUT2D eigenvalue weighted by molar-refractivity contribution is 7.79. The van der Waals surface area contributed by atoms with Gasteiger partial charge in [0.15, 0.2) is 25.4 Å². The van der Waals surface area contributed by atoms with Crippen molar-refractivity contribution < 1.29 is 50.4 Å². The molecule has 0 radical (unpaired) electrons. The number of hydrogen-bond donors (Lipinski definition) is 6. The topological polar surface area (TPSA) is 156 Å². The van der Waals surface area contributed by atoms with E-state index < -0.39 is 17.7 Å². The summed E-state index contributed by atoms with van der Waals surface area (Å²) in [4.78, 5) is 0. The molecule has 0 spiro atoms. The second kappa shape index (κ2) is 9.64. The van der Waals surface area contributed by atoms with E-state index in [1.54, 1.807) is 0 Å². The highest BCUT2D eigenvalue weighted by Crippen LogP contribution is 2.54. The quantitative estimate of drug-likeness (QED) is 0.222. The van der Waals surface area contributed by atoms with Crippen molar-refractivity contribution in [2.75, 3.05) is 25.4 Å². The molecule has 0 aliphatic rings. The average molecular weight is 289 g/mol. The Morgan fingerprint density at radius 2 is 0.933 bits per heavy atom. The molecule has 0 aliphatic heterocycles. The lowest BCUT2D eigenvalue weighted by atomic mass is 11.6. The number of aliphatic hydroxyl groups is 4. The summed E-state index contributed by atoms with van der Waals surface area (Å²) in [7, 11) is -6.86. The van der Waals surface area contributed by atoms with Crippen LogP contribution < -0.4 is 12.4 Å². The molecule has 0 saturated carbocycles. The van der Waals surface area contributed by atoms with Gasteiger partial charge in [0.05, 0.1) is 0 Å². The van der Waals surface area contributed by atoms with Crippen molar-refractivity contribution in [3.63, 3.8) is 0 Å². The van der Waals surface area contributed by atoms with E-state index in [0.717, 1.165) is 0 Å². The molecular formula is C4H14ClO8PS. The lowest BCUT2D eigenvalue weighted by Gasteiger charge is -2.15. The van der Waals surface area contributed by atoms with Gasteiger partial charge in [-0.3, -0.25) is 9.11 Å². The van der Waals surface area contributed by atoms with Crippen LogP contribution >= 0.6 is 7.26 Å². The molecule has 8 nitrogen and oxygen atoms in total. The minimum atomic E-state index is -4.67. The summed E-state index contributed by atoms with van der Waals surface area (Å²) in [5.74, 6) is 0. The van der Waals surface area contributed by atoms with E-state index in [0.29, 0.717) is 0 Å². The Morgan fingerprint density at radius 1 is 0.800 bits per heavy atom. The predicted molar refractivity (Wildman–Crippen MR) is 49.4 cm³/mol. The van der Waals surface area contributed by atoms with Crippen LogP contribution in [0.25, 0.3) is 0 Å². The van der Waals surface area contributed by atoms with Gasteiger partial charge in [0, 0.05) is 0 Å². The van der Waals surface area contributed by atoms with Crippen LogP contribution in [-0.4, -0.2) is 63.3 Å². The van der Waals surface area contributed by atoms with Crippen LogP contribution in [0.2, 0.25) is 0 Å². The van der Waals surface area contributed by atoms with Gasteiger partial charge >= 0.3 is 10.4 Å². The molecule has 11 heteroatoms. The number of aliphatic hydroxyl groups excluding tert-OH is 4. The third kappa shape index (κ3) is 14.4. The molecule has 0 aromatic rings. The minimum absolute atomic E-state index is 0. The van der Waals surface area contributed by atoms with Gasteiger partial charge in [-0.25, -0.2) is 0 Å². The Balaban J connectivity index is -0.000000208. The van der Waals surface area contributed by atoms with Crippen LogP contribution in [0.1, 0.15) is 0 Å². The van der Waals surface area contributed by atoms with Gasteiger partial charge < -0.3 is 32.8 Å². The van der Waals surface area contributed by atoms with Gasteiger partial charge in [0.25, 0.3) is 0 Å². The van der Waals surface area contributed by atoms with Crippen molar-refractivity contribution in [2.24, 2.45) is 0 Å². The predicted octanol–water partition coefficient (Wildman–Crippen LogP) is -4.85. The zero-order valence-electron chi connectivity index (χ0n) is 7.56. The molecule has 0 atom stereocenters. The van der Waals surface area contributed by atoms with E-state index in [-0.39, 0.29) is 37.8 Å². The van der Waals surface area contributed by atoms with Gasteiger partial charge in [0.2, 0.25) is 0 Å². The molecular weight excluding hydrogens is 275 g/mol. The first-order valence-electron chi connectivity index (χ1n) is 3.23. The van der Waals surface area contributed by atoms with E-state index in [4.69, 9.17) is 37.9 Å². The van der Waals surface area contributed by atoms with Crippen molar-refractivity contribution >= 4 is 17.7 Å². The molecule has 0 bridgehead atoms. The highest BCUT2D eigenvalue weighted by atomic mass is 35.5. The second-order valence-electron chi connectivity index (χ2n) is 2.36. The molecule has 0 aliphatic carbocycles. The Labute approximate surface area is 93.9 Å². The van der Waals surface area contributed by atoms with Gasteiger partial charge in [-0.15, -0.1) is 0 Å². The normalized spacial score (nSPS) is 11.1. The van der Waals surface area contributed by atoms with E-state index in [2.05, 4.69) is 0 Å². The summed E-state index contributed by atoms with van der Waals surface area (Å²) < 4.78 is 31.6. The Morgan fingerprint density at radius 3 is 0.933 bits per heavy atom. The fourth-order valence-corrected chi connectivity index (χ4v) is 0.805. The van der Waals surface area contributed by atoms with Crippen LogP contribution in [0.5, 0.6) is 0 Å². The van der Waals surface area contributed by atoms with Crippen LogP contribution in [0, 0.1) is 0 Å². The number of rotatable bonds is 4. The first-order valence-corrected chi connectivity index (χ1v) is 7.16. The smallest absolute Gasteiger partial charge is 0.394 e. The third-order valence-electron chi connectivity index (χ3n) is 1.20. The highest BCUT2D eigenvalue weighted by Gasteiger charge is 2.34. The zero-order valence-corrected chi connectivity index (χ0v) is 10.0.